The zero-order valence-corrected chi connectivity index (χ0v) is 8.65. The maximum absolute atomic E-state index is 5.73. The fraction of sp³-hybridized carbons (Fsp3) is 0.600. The first kappa shape index (κ1) is 9.96. The Hall–Kier alpha value is -1.12. The van der Waals surface area contributed by atoms with Gasteiger partial charge in [0.25, 0.3) is 0 Å². The molecule has 0 aromatic heterocycles. The summed E-state index contributed by atoms with van der Waals surface area (Å²) in [5.41, 5.74) is 14.2. The molecule has 0 bridgehead atoms. The Balaban J connectivity index is 2.69. The van der Waals surface area contributed by atoms with Crippen molar-refractivity contribution >= 4 is 0 Å². The highest BCUT2D eigenvalue weighted by molar-refractivity contribution is 5.29. The highest BCUT2D eigenvalue weighted by Gasteiger charge is 2.14. The molecule has 0 spiro atoms. The zero-order chi connectivity index (χ0) is 10.1. The number of hydrogen-bond acceptors (Lipinski definition) is 3. The smallest absolute Gasteiger partial charge is 0.0522 e. The van der Waals surface area contributed by atoms with Gasteiger partial charge in [0.05, 0.1) is 5.70 Å². The molecule has 1 rings (SSSR count). The zero-order valence-electron chi connectivity index (χ0n) is 8.65. The van der Waals surface area contributed by atoms with Crippen LogP contribution in [0.2, 0.25) is 0 Å². The topological polar surface area (TPSA) is 64.1 Å². The average molecular weight is 181 g/mol. The molecule has 3 heteroatoms. The summed E-state index contributed by atoms with van der Waals surface area (Å²) >= 11 is 0. The van der Waals surface area contributed by atoms with Crippen molar-refractivity contribution in [1.82, 2.24) is 5.32 Å². The number of hydrogen-bond donors (Lipinski definition) is 3. The molecule has 1 aliphatic carbocycles. The van der Waals surface area contributed by atoms with Gasteiger partial charge in [-0.3, -0.25) is 0 Å². The summed E-state index contributed by atoms with van der Waals surface area (Å²) in [5, 5.41) is 3.40. The molecular weight excluding hydrogens is 162 g/mol. The fourth-order valence-electron chi connectivity index (χ4n) is 1.35. The Morgan fingerprint density at radius 2 is 1.85 bits per heavy atom. The second-order valence-corrected chi connectivity index (χ2v) is 4.53. The van der Waals surface area contributed by atoms with Crippen LogP contribution in [0.25, 0.3) is 0 Å². The van der Waals surface area contributed by atoms with Gasteiger partial charge in [0.2, 0.25) is 0 Å². The van der Waals surface area contributed by atoms with E-state index in [1.807, 2.05) is 6.08 Å². The largest absolute Gasteiger partial charge is 0.400 e. The molecule has 0 saturated carbocycles. The molecule has 5 N–H and O–H groups in total. The number of nitrogens with two attached hydrogens (primary N) is 2. The number of nitrogens with one attached hydrogen (secondary N) is 1. The van der Waals surface area contributed by atoms with Crippen molar-refractivity contribution in [2.75, 3.05) is 0 Å². The highest BCUT2D eigenvalue weighted by Crippen LogP contribution is 2.18. The van der Waals surface area contributed by atoms with Crippen molar-refractivity contribution in [2.24, 2.45) is 11.5 Å². The first-order valence-electron chi connectivity index (χ1n) is 4.61. The van der Waals surface area contributed by atoms with Gasteiger partial charge in [0.15, 0.2) is 0 Å². The van der Waals surface area contributed by atoms with Crippen LogP contribution in [0, 0.1) is 0 Å². The van der Waals surface area contributed by atoms with E-state index in [2.05, 4.69) is 26.1 Å². The molecule has 0 aromatic carbocycles. The molecule has 0 fully saturated rings. The Bertz CT molecular complexity index is 256. The second kappa shape index (κ2) is 3.32. The van der Waals surface area contributed by atoms with Crippen LogP contribution >= 0.6 is 0 Å². The summed E-state index contributed by atoms with van der Waals surface area (Å²) in [6, 6.07) is 0. The molecule has 0 unspecified atom stereocenters. The van der Waals surface area contributed by atoms with Crippen molar-refractivity contribution in [3.63, 3.8) is 0 Å². The highest BCUT2D eigenvalue weighted by atomic mass is 15.0. The number of rotatable bonds is 1. The maximum atomic E-state index is 5.73. The lowest BCUT2D eigenvalue weighted by molar-refractivity contribution is 0.461. The molecule has 3 nitrogen and oxygen atoms in total. The minimum absolute atomic E-state index is 0.0955. The molecule has 1 aliphatic rings. The van der Waals surface area contributed by atoms with E-state index in [0.717, 1.165) is 18.5 Å². The molecular formula is C10H19N3. The molecule has 0 radical (unpaired) electrons. The summed E-state index contributed by atoms with van der Waals surface area (Å²) in [6.45, 7) is 6.39. The van der Waals surface area contributed by atoms with E-state index < -0.39 is 0 Å². The van der Waals surface area contributed by atoms with Crippen LogP contribution in [0.15, 0.2) is 23.2 Å². The van der Waals surface area contributed by atoms with Gasteiger partial charge in [-0.05, 0) is 39.7 Å². The molecule has 0 amide bonds. The first-order chi connectivity index (χ1) is 5.88. The minimum Gasteiger partial charge on any atom is -0.400 e. The van der Waals surface area contributed by atoms with Crippen molar-refractivity contribution in [3.8, 4) is 0 Å². The predicted molar refractivity (Wildman–Crippen MR) is 55.6 cm³/mol. The van der Waals surface area contributed by atoms with Gasteiger partial charge in [-0.25, -0.2) is 0 Å². The van der Waals surface area contributed by atoms with E-state index in [4.69, 9.17) is 11.5 Å². The first-order valence-corrected chi connectivity index (χ1v) is 4.61. The normalized spacial score (nSPS) is 18.5. The fourth-order valence-corrected chi connectivity index (χ4v) is 1.35. The molecule has 0 atom stereocenters. The van der Waals surface area contributed by atoms with Gasteiger partial charge in [-0.15, -0.1) is 0 Å². The van der Waals surface area contributed by atoms with Crippen LogP contribution in [0.5, 0.6) is 0 Å². The van der Waals surface area contributed by atoms with Crippen molar-refractivity contribution in [3.05, 3.63) is 23.2 Å². The lowest BCUT2D eigenvalue weighted by Crippen LogP contribution is -2.36. The quantitative estimate of drug-likeness (QED) is 0.569. The third kappa shape index (κ3) is 3.01. The van der Waals surface area contributed by atoms with Crippen molar-refractivity contribution < 1.29 is 0 Å². The third-order valence-electron chi connectivity index (χ3n) is 1.90. The van der Waals surface area contributed by atoms with E-state index >= 15 is 0 Å². The van der Waals surface area contributed by atoms with E-state index in [9.17, 15) is 0 Å². The van der Waals surface area contributed by atoms with E-state index in [1.54, 1.807) is 0 Å². The molecule has 0 aliphatic heterocycles. The van der Waals surface area contributed by atoms with Crippen molar-refractivity contribution in [1.29, 1.82) is 0 Å². The third-order valence-corrected chi connectivity index (χ3v) is 1.90. The van der Waals surface area contributed by atoms with Crippen LogP contribution < -0.4 is 16.8 Å². The van der Waals surface area contributed by atoms with Gasteiger partial charge in [-0.2, -0.15) is 0 Å². The van der Waals surface area contributed by atoms with Gasteiger partial charge < -0.3 is 16.8 Å². The van der Waals surface area contributed by atoms with Crippen LogP contribution in [-0.2, 0) is 0 Å². The molecule has 0 heterocycles. The predicted octanol–water partition coefficient (Wildman–Crippen LogP) is 1.18. The van der Waals surface area contributed by atoms with Crippen LogP contribution in [0.1, 0.15) is 33.6 Å². The maximum Gasteiger partial charge on any atom is 0.0522 e. The standard InChI is InChI=1S/C10H19N3/c1-10(2,3)13-7-4-5-8(11)9(12)6-7/h6,13H,4-5,11-12H2,1-3H3. The van der Waals surface area contributed by atoms with E-state index in [0.29, 0.717) is 5.70 Å². The number of allylic oxidation sites excluding steroid dienone is 3. The van der Waals surface area contributed by atoms with E-state index in [-0.39, 0.29) is 5.54 Å². The molecule has 74 valence electrons. The summed E-state index contributed by atoms with van der Waals surface area (Å²) < 4.78 is 0. The molecule has 0 saturated heterocycles. The Labute approximate surface area is 79.9 Å². The van der Waals surface area contributed by atoms with Gasteiger partial charge in [0.1, 0.15) is 0 Å². The molecule has 13 heavy (non-hydrogen) atoms. The van der Waals surface area contributed by atoms with Gasteiger partial charge in [-0.1, -0.05) is 0 Å². The SMILES string of the molecule is CC(C)(C)NC1=CC(N)=C(N)CC1. The van der Waals surface area contributed by atoms with Crippen LogP contribution in [-0.4, -0.2) is 5.54 Å². The minimum atomic E-state index is 0.0955. The summed E-state index contributed by atoms with van der Waals surface area (Å²) in [4.78, 5) is 0. The summed E-state index contributed by atoms with van der Waals surface area (Å²) in [6.07, 6.45) is 3.76. The monoisotopic (exact) mass is 181 g/mol. The Morgan fingerprint density at radius 3 is 2.31 bits per heavy atom. The van der Waals surface area contributed by atoms with Crippen LogP contribution in [0.4, 0.5) is 0 Å². The average Bonchev–Trinajstić information content (AvgIpc) is 1.94. The summed E-state index contributed by atoms with van der Waals surface area (Å²) in [5.74, 6) is 0. The van der Waals surface area contributed by atoms with Crippen molar-refractivity contribution in [2.45, 2.75) is 39.2 Å². The molecule has 0 aromatic rings. The van der Waals surface area contributed by atoms with Crippen LogP contribution in [0.3, 0.4) is 0 Å². The lowest BCUT2D eigenvalue weighted by atomic mass is 10.0. The van der Waals surface area contributed by atoms with Gasteiger partial charge in [0, 0.05) is 16.9 Å². The Kier molecular flexibility index (Phi) is 2.55. The Morgan fingerprint density at radius 1 is 1.23 bits per heavy atom. The van der Waals surface area contributed by atoms with Gasteiger partial charge >= 0.3 is 0 Å². The summed E-state index contributed by atoms with van der Waals surface area (Å²) in [7, 11) is 0. The van der Waals surface area contributed by atoms with E-state index in [1.165, 1.54) is 5.70 Å². The second-order valence-electron chi connectivity index (χ2n) is 4.53. The lowest BCUT2D eigenvalue weighted by Gasteiger charge is -2.26.